The zero-order valence-corrected chi connectivity index (χ0v) is 5.90. The predicted octanol–water partition coefficient (Wildman–Crippen LogP) is 0.631. The van der Waals surface area contributed by atoms with E-state index in [4.69, 9.17) is 4.74 Å². The van der Waals surface area contributed by atoms with Gasteiger partial charge in [-0.05, 0) is 13.5 Å². The molecule has 0 fully saturated rings. The van der Waals surface area contributed by atoms with Gasteiger partial charge >= 0.3 is 0 Å². The molecule has 2 heteroatoms. The summed E-state index contributed by atoms with van der Waals surface area (Å²) in [4.78, 5) is 0. The van der Waals surface area contributed by atoms with Crippen LogP contribution in [0.4, 0.5) is 0 Å². The third kappa shape index (κ3) is 4.09. The molecule has 0 heterocycles. The SMILES string of the molecule is CCNC[C@@H](C)OC. The Bertz CT molecular complexity index is 47.8. The molecule has 0 amide bonds. The van der Waals surface area contributed by atoms with Crippen LogP contribution < -0.4 is 5.32 Å². The van der Waals surface area contributed by atoms with Crippen molar-refractivity contribution in [3.05, 3.63) is 0 Å². The molecule has 0 aromatic rings. The van der Waals surface area contributed by atoms with E-state index in [2.05, 4.69) is 12.2 Å². The summed E-state index contributed by atoms with van der Waals surface area (Å²) < 4.78 is 4.99. The molecule has 0 aliphatic rings. The monoisotopic (exact) mass is 117 g/mol. The Morgan fingerprint density at radius 2 is 2.25 bits per heavy atom. The molecule has 0 bridgehead atoms. The summed E-state index contributed by atoms with van der Waals surface area (Å²) in [6, 6.07) is 0. The van der Waals surface area contributed by atoms with Gasteiger partial charge in [0.15, 0.2) is 0 Å². The van der Waals surface area contributed by atoms with Crippen LogP contribution in [-0.2, 0) is 4.74 Å². The fourth-order valence-corrected chi connectivity index (χ4v) is 0.431. The van der Waals surface area contributed by atoms with E-state index in [9.17, 15) is 0 Å². The number of methoxy groups -OCH3 is 1. The maximum absolute atomic E-state index is 4.99. The molecule has 0 saturated carbocycles. The molecule has 0 radical (unpaired) electrons. The number of ether oxygens (including phenoxy) is 1. The average molecular weight is 117 g/mol. The molecule has 0 saturated heterocycles. The van der Waals surface area contributed by atoms with Crippen molar-refractivity contribution in [1.29, 1.82) is 0 Å². The fraction of sp³-hybridized carbons (Fsp3) is 1.00. The first-order chi connectivity index (χ1) is 3.81. The lowest BCUT2D eigenvalue weighted by Crippen LogP contribution is -2.25. The van der Waals surface area contributed by atoms with E-state index in [0.29, 0.717) is 6.10 Å². The molecule has 0 aromatic carbocycles. The Morgan fingerprint density at radius 1 is 1.62 bits per heavy atom. The van der Waals surface area contributed by atoms with Gasteiger partial charge in [0, 0.05) is 13.7 Å². The average Bonchev–Trinajstić information content (AvgIpc) is 1.83. The second-order valence-electron chi connectivity index (χ2n) is 1.85. The molecule has 0 rings (SSSR count). The second-order valence-corrected chi connectivity index (χ2v) is 1.85. The van der Waals surface area contributed by atoms with E-state index >= 15 is 0 Å². The highest BCUT2D eigenvalue weighted by atomic mass is 16.5. The Kier molecular flexibility index (Phi) is 5.01. The normalized spacial score (nSPS) is 13.9. The lowest BCUT2D eigenvalue weighted by molar-refractivity contribution is 0.118. The first kappa shape index (κ1) is 7.92. The third-order valence-corrected chi connectivity index (χ3v) is 1.08. The summed E-state index contributed by atoms with van der Waals surface area (Å²) in [7, 11) is 1.72. The highest BCUT2D eigenvalue weighted by Gasteiger charge is 1.93. The van der Waals surface area contributed by atoms with Crippen LogP contribution in [0.5, 0.6) is 0 Å². The van der Waals surface area contributed by atoms with Gasteiger partial charge in [-0.25, -0.2) is 0 Å². The third-order valence-electron chi connectivity index (χ3n) is 1.08. The van der Waals surface area contributed by atoms with Crippen molar-refractivity contribution in [3.8, 4) is 0 Å². The minimum absolute atomic E-state index is 0.343. The summed E-state index contributed by atoms with van der Waals surface area (Å²) >= 11 is 0. The van der Waals surface area contributed by atoms with Crippen molar-refractivity contribution in [3.63, 3.8) is 0 Å². The molecule has 1 atom stereocenters. The Morgan fingerprint density at radius 3 is 2.62 bits per heavy atom. The van der Waals surface area contributed by atoms with Gasteiger partial charge < -0.3 is 10.1 Å². The van der Waals surface area contributed by atoms with Gasteiger partial charge in [0.05, 0.1) is 6.10 Å². The smallest absolute Gasteiger partial charge is 0.0667 e. The van der Waals surface area contributed by atoms with Crippen molar-refractivity contribution < 1.29 is 4.74 Å². The lowest BCUT2D eigenvalue weighted by Gasteiger charge is -2.07. The summed E-state index contributed by atoms with van der Waals surface area (Å²) in [5.74, 6) is 0. The molecule has 1 N–H and O–H groups in total. The largest absolute Gasteiger partial charge is 0.380 e. The summed E-state index contributed by atoms with van der Waals surface area (Å²) in [6.07, 6.45) is 0.343. The lowest BCUT2D eigenvalue weighted by atomic mass is 10.4. The Balaban J connectivity index is 2.86. The minimum Gasteiger partial charge on any atom is -0.380 e. The van der Waals surface area contributed by atoms with Crippen LogP contribution in [0.2, 0.25) is 0 Å². The molecule has 0 unspecified atom stereocenters. The molecular formula is C6H15NO. The van der Waals surface area contributed by atoms with Gasteiger partial charge in [-0.2, -0.15) is 0 Å². The van der Waals surface area contributed by atoms with Crippen molar-refractivity contribution in [2.75, 3.05) is 20.2 Å². The van der Waals surface area contributed by atoms with Crippen molar-refractivity contribution in [2.24, 2.45) is 0 Å². The predicted molar refractivity (Wildman–Crippen MR) is 35.0 cm³/mol. The zero-order valence-electron chi connectivity index (χ0n) is 5.90. The molecule has 8 heavy (non-hydrogen) atoms. The summed E-state index contributed by atoms with van der Waals surface area (Å²) in [5, 5.41) is 3.17. The fourth-order valence-electron chi connectivity index (χ4n) is 0.431. The first-order valence-corrected chi connectivity index (χ1v) is 3.04. The highest BCUT2D eigenvalue weighted by Crippen LogP contribution is 1.81. The second kappa shape index (κ2) is 5.06. The molecule has 2 nitrogen and oxygen atoms in total. The van der Waals surface area contributed by atoms with Gasteiger partial charge in [-0.1, -0.05) is 6.92 Å². The topological polar surface area (TPSA) is 21.3 Å². The standard InChI is InChI=1S/C6H15NO/c1-4-7-5-6(2)8-3/h6-7H,4-5H2,1-3H3/t6-/m1/s1. The first-order valence-electron chi connectivity index (χ1n) is 3.04. The van der Waals surface area contributed by atoms with Crippen LogP contribution in [0.1, 0.15) is 13.8 Å². The van der Waals surface area contributed by atoms with E-state index in [-0.39, 0.29) is 0 Å². The van der Waals surface area contributed by atoms with Gasteiger partial charge in [0.25, 0.3) is 0 Å². The van der Waals surface area contributed by atoms with Crippen molar-refractivity contribution in [1.82, 2.24) is 5.32 Å². The number of hydrogen-bond acceptors (Lipinski definition) is 2. The maximum Gasteiger partial charge on any atom is 0.0667 e. The molecule has 50 valence electrons. The van der Waals surface area contributed by atoms with E-state index in [1.165, 1.54) is 0 Å². The maximum atomic E-state index is 4.99. The van der Waals surface area contributed by atoms with Crippen LogP contribution >= 0.6 is 0 Å². The van der Waals surface area contributed by atoms with Crippen molar-refractivity contribution >= 4 is 0 Å². The molecular weight excluding hydrogens is 102 g/mol. The molecule has 0 aliphatic heterocycles. The molecule has 0 aromatic heterocycles. The molecule has 0 spiro atoms. The number of hydrogen-bond donors (Lipinski definition) is 1. The number of nitrogens with one attached hydrogen (secondary N) is 1. The van der Waals surface area contributed by atoms with Gasteiger partial charge in [0.1, 0.15) is 0 Å². The van der Waals surface area contributed by atoms with Gasteiger partial charge in [-0.15, -0.1) is 0 Å². The van der Waals surface area contributed by atoms with Crippen LogP contribution in [0.3, 0.4) is 0 Å². The summed E-state index contributed by atoms with van der Waals surface area (Å²) in [5.41, 5.74) is 0. The summed E-state index contributed by atoms with van der Waals surface area (Å²) in [6.45, 7) is 6.10. The van der Waals surface area contributed by atoms with E-state index in [1.807, 2.05) is 6.92 Å². The number of rotatable bonds is 4. The minimum atomic E-state index is 0.343. The van der Waals surface area contributed by atoms with E-state index in [1.54, 1.807) is 7.11 Å². The van der Waals surface area contributed by atoms with Crippen LogP contribution in [0.25, 0.3) is 0 Å². The Labute approximate surface area is 51.2 Å². The van der Waals surface area contributed by atoms with Crippen molar-refractivity contribution in [2.45, 2.75) is 20.0 Å². The van der Waals surface area contributed by atoms with Crippen LogP contribution in [0.15, 0.2) is 0 Å². The van der Waals surface area contributed by atoms with E-state index < -0.39 is 0 Å². The van der Waals surface area contributed by atoms with Crippen LogP contribution in [0, 0.1) is 0 Å². The zero-order chi connectivity index (χ0) is 6.41. The van der Waals surface area contributed by atoms with Gasteiger partial charge in [0.2, 0.25) is 0 Å². The highest BCUT2D eigenvalue weighted by molar-refractivity contribution is 4.50. The van der Waals surface area contributed by atoms with Crippen LogP contribution in [-0.4, -0.2) is 26.3 Å². The van der Waals surface area contributed by atoms with Gasteiger partial charge in [-0.3, -0.25) is 0 Å². The Hall–Kier alpha value is -0.0800. The van der Waals surface area contributed by atoms with E-state index in [0.717, 1.165) is 13.1 Å². The quantitative estimate of drug-likeness (QED) is 0.583. The number of likely N-dealkylation sites (N-methyl/N-ethyl adjacent to an activating group) is 1. The molecule has 0 aliphatic carbocycles.